The molecule has 0 heterocycles. The average Bonchev–Trinajstić information content (AvgIpc) is 2.12. The Morgan fingerprint density at radius 2 is 2.07 bits per heavy atom. The van der Waals surface area contributed by atoms with Crippen molar-refractivity contribution in [2.75, 3.05) is 19.7 Å². The molecule has 0 aromatic rings. The second-order valence-electron chi connectivity index (χ2n) is 3.69. The Morgan fingerprint density at radius 1 is 1.43 bits per heavy atom. The first-order valence-electron chi connectivity index (χ1n) is 5.17. The summed E-state index contributed by atoms with van der Waals surface area (Å²) in [6.07, 6.45) is 0.949. The zero-order valence-corrected chi connectivity index (χ0v) is 9.38. The van der Waals surface area contributed by atoms with Gasteiger partial charge in [-0.25, -0.2) is 0 Å². The van der Waals surface area contributed by atoms with Gasteiger partial charge in [0, 0.05) is 12.5 Å². The summed E-state index contributed by atoms with van der Waals surface area (Å²) in [5, 5.41) is 2.80. The number of ether oxygens (including phenoxy) is 1. The van der Waals surface area contributed by atoms with Crippen LogP contribution >= 0.6 is 0 Å². The minimum absolute atomic E-state index is 0.000880. The molecule has 14 heavy (non-hydrogen) atoms. The number of nitrogens with two attached hydrogens (primary N) is 1. The Morgan fingerprint density at radius 3 is 2.57 bits per heavy atom. The second-order valence-corrected chi connectivity index (χ2v) is 3.69. The van der Waals surface area contributed by atoms with E-state index >= 15 is 0 Å². The lowest BCUT2D eigenvalue weighted by molar-refractivity contribution is -0.124. The van der Waals surface area contributed by atoms with Gasteiger partial charge < -0.3 is 15.8 Å². The van der Waals surface area contributed by atoms with Crippen LogP contribution in [0.3, 0.4) is 0 Å². The van der Waals surface area contributed by atoms with Crippen molar-refractivity contribution >= 4 is 5.91 Å². The van der Waals surface area contributed by atoms with Gasteiger partial charge in [-0.15, -0.1) is 0 Å². The number of carbonyl (C=O) groups excluding carboxylic acids is 1. The predicted molar refractivity (Wildman–Crippen MR) is 56.9 cm³/mol. The summed E-state index contributed by atoms with van der Waals surface area (Å²) in [6, 6.07) is 0. The van der Waals surface area contributed by atoms with Gasteiger partial charge in [-0.3, -0.25) is 4.79 Å². The van der Waals surface area contributed by atoms with Crippen molar-refractivity contribution in [2.24, 2.45) is 11.7 Å². The fraction of sp³-hybridized carbons (Fsp3) is 0.900. The Bertz CT molecular complexity index is 160. The van der Waals surface area contributed by atoms with E-state index in [1.807, 2.05) is 20.8 Å². The molecule has 84 valence electrons. The summed E-state index contributed by atoms with van der Waals surface area (Å²) in [5.74, 6) is 0.0573. The van der Waals surface area contributed by atoms with Gasteiger partial charge in [0.2, 0.25) is 5.91 Å². The number of rotatable bonds is 7. The normalized spacial score (nSPS) is 12.9. The molecule has 4 nitrogen and oxygen atoms in total. The summed E-state index contributed by atoms with van der Waals surface area (Å²) in [4.78, 5) is 11.4. The van der Waals surface area contributed by atoms with Gasteiger partial charge in [-0.1, -0.05) is 6.92 Å². The molecule has 1 atom stereocenters. The number of hydrogen-bond acceptors (Lipinski definition) is 3. The predicted octanol–water partition coefficient (Wildman–Crippen LogP) is 0.513. The third kappa shape index (κ3) is 6.86. The van der Waals surface area contributed by atoms with Crippen LogP contribution in [0.5, 0.6) is 0 Å². The van der Waals surface area contributed by atoms with Crippen LogP contribution in [0.15, 0.2) is 0 Å². The van der Waals surface area contributed by atoms with Crippen molar-refractivity contribution in [2.45, 2.75) is 33.3 Å². The smallest absolute Gasteiger partial charge is 0.222 e. The highest BCUT2D eigenvalue weighted by Gasteiger charge is 2.10. The molecule has 0 saturated heterocycles. The van der Waals surface area contributed by atoms with E-state index in [-0.39, 0.29) is 17.9 Å². The van der Waals surface area contributed by atoms with Gasteiger partial charge in [0.05, 0.1) is 12.7 Å². The van der Waals surface area contributed by atoms with E-state index in [1.165, 1.54) is 0 Å². The molecule has 0 aromatic carbocycles. The molecule has 1 unspecified atom stereocenters. The molecule has 0 radical (unpaired) electrons. The summed E-state index contributed by atoms with van der Waals surface area (Å²) < 4.78 is 5.29. The summed E-state index contributed by atoms with van der Waals surface area (Å²) >= 11 is 0. The maximum atomic E-state index is 11.4. The van der Waals surface area contributed by atoms with Crippen molar-refractivity contribution in [3.8, 4) is 0 Å². The molecule has 3 N–H and O–H groups in total. The molecular formula is C10H22N2O2. The van der Waals surface area contributed by atoms with E-state index in [0.717, 1.165) is 6.42 Å². The number of hydrogen-bond donors (Lipinski definition) is 2. The molecule has 0 saturated carbocycles. The number of amides is 1. The highest BCUT2D eigenvalue weighted by molar-refractivity contribution is 5.78. The first kappa shape index (κ1) is 13.4. The van der Waals surface area contributed by atoms with Crippen molar-refractivity contribution < 1.29 is 9.53 Å². The van der Waals surface area contributed by atoms with Gasteiger partial charge in [-0.05, 0) is 26.8 Å². The van der Waals surface area contributed by atoms with Crippen molar-refractivity contribution in [3.63, 3.8) is 0 Å². The maximum Gasteiger partial charge on any atom is 0.222 e. The Balaban J connectivity index is 3.44. The molecule has 0 rings (SSSR count). The van der Waals surface area contributed by atoms with Crippen LogP contribution in [0.25, 0.3) is 0 Å². The Hall–Kier alpha value is -0.610. The van der Waals surface area contributed by atoms with Crippen LogP contribution < -0.4 is 11.1 Å². The van der Waals surface area contributed by atoms with Crippen LogP contribution in [-0.4, -0.2) is 31.7 Å². The van der Waals surface area contributed by atoms with Gasteiger partial charge in [0.1, 0.15) is 0 Å². The second kappa shape index (κ2) is 7.76. The summed E-state index contributed by atoms with van der Waals surface area (Å²) in [5.41, 5.74) is 5.36. The molecule has 1 amide bonds. The quantitative estimate of drug-likeness (QED) is 0.591. The minimum atomic E-state index is -0.000880. The molecule has 0 aromatic heterocycles. The molecule has 0 aliphatic rings. The molecule has 0 bridgehead atoms. The summed E-state index contributed by atoms with van der Waals surface area (Å²) in [6.45, 7) is 7.52. The molecule has 4 heteroatoms. The fourth-order valence-electron chi connectivity index (χ4n) is 1.02. The summed E-state index contributed by atoms with van der Waals surface area (Å²) in [7, 11) is 0. The largest absolute Gasteiger partial charge is 0.377 e. The topological polar surface area (TPSA) is 64.3 Å². The average molecular weight is 202 g/mol. The third-order valence-corrected chi connectivity index (χ3v) is 1.90. The first-order chi connectivity index (χ1) is 6.57. The van der Waals surface area contributed by atoms with E-state index in [9.17, 15) is 4.79 Å². The van der Waals surface area contributed by atoms with E-state index in [0.29, 0.717) is 19.7 Å². The molecular weight excluding hydrogens is 180 g/mol. The lowest BCUT2D eigenvalue weighted by atomic mass is 10.1. The van der Waals surface area contributed by atoms with Gasteiger partial charge in [0.15, 0.2) is 0 Å². The van der Waals surface area contributed by atoms with Gasteiger partial charge >= 0.3 is 0 Å². The van der Waals surface area contributed by atoms with E-state index in [4.69, 9.17) is 10.5 Å². The monoisotopic (exact) mass is 202 g/mol. The van der Waals surface area contributed by atoms with Crippen molar-refractivity contribution in [1.82, 2.24) is 5.32 Å². The zero-order chi connectivity index (χ0) is 11.0. The van der Waals surface area contributed by atoms with Gasteiger partial charge in [-0.2, -0.15) is 0 Å². The highest BCUT2D eigenvalue weighted by atomic mass is 16.5. The van der Waals surface area contributed by atoms with Crippen LogP contribution in [-0.2, 0) is 9.53 Å². The van der Waals surface area contributed by atoms with Crippen LogP contribution in [0.1, 0.15) is 27.2 Å². The molecule has 0 spiro atoms. The van der Waals surface area contributed by atoms with Crippen LogP contribution in [0.4, 0.5) is 0 Å². The van der Waals surface area contributed by atoms with Crippen molar-refractivity contribution in [3.05, 3.63) is 0 Å². The van der Waals surface area contributed by atoms with Gasteiger partial charge in [0.25, 0.3) is 0 Å². The standard InChI is InChI=1S/C10H22N2O2/c1-8(2)14-7-6-12-10(13)9(3)4-5-11/h8-9H,4-7,11H2,1-3H3,(H,12,13). The third-order valence-electron chi connectivity index (χ3n) is 1.90. The molecule has 0 fully saturated rings. The van der Waals surface area contributed by atoms with E-state index < -0.39 is 0 Å². The van der Waals surface area contributed by atoms with E-state index in [2.05, 4.69) is 5.32 Å². The maximum absolute atomic E-state index is 11.4. The highest BCUT2D eigenvalue weighted by Crippen LogP contribution is 1.98. The lowest BCUT2D eigenvalue weighted by Gasteiger charge is -2.12. The lowest BCUT2D eigenvalue weighted by Crippen LogP contribution is -2.33. The fourth-order valence-corrected chi connectivity index (χ4v) is 1.02. The number of nitrogens with one attached hydrogen (secondary N) is 1. The SMILES string of the molecule is CC(C)OCCNC(=O)C(C)CCN. The molecule has 0 aliphatic carbocycles. The molecule has 0 aliphatic heterocycles. The minimum Gasteiger partial charge on any atom is -0.377 e. The Labute approximate surface area is 86.2 Å². The van der Waals surface area contributed by atoms with Crippen LogP contribution in [0.2, 0.25) is 0 Å². The first-order valence-corrected chi connectivity index (χ1v) is 5.17. The van der Waals surface area contributed by atoms with Crippen molar-refractivity contribution in [1.29, 1.82) is 0 Å². The van der Waals surface area contributed by atoms with Crippen LogP contribution in [0, 0.1) is 5.92 Å². The van der Waals surface area contributed by atoms with E-state index in [1.54, 1.807) is 0 Å². The zero-order valence-electron chi connectivity index (χ0n) is 9.38. The Kier molecular flexibility index (Phi) is 7.42. The number of carbonyl (C=O) groups is 1.